The van der Waals surface area contributed by atoms with E-state index in [0.717, 1.165) is 0 Å². The maximum atomic E-state index is 2.38. The van der Waals surface area contributed by atoms with Gasteiger partial charge in [0.25, 0.3) is 0 Å². The van der Waals surface area contributed by atoms with Crippen molar-refractivity contribution in [2.45, 2.75) is 20.8 Å². The van der Waals surface area contributed by atoms with Gasteiger partial charge in [0.15, 0.2) is 0 Å². The minimum atomic E-state index is 0. The average molecular weight is 267 g/mol. The molecule has 0 rings (SSSR count). The standard InChI is InChI=1S/C6H15N.HI.K/c1-4-7(5-2)6-3;;/h4-6H2,1-3H3;1H;/q;;+1/p-1. The second-order valence-electron chi connectivity index (χ2n) is 1.62. The number of rotatable bonds is 3. The molecule has 0 fully saturated rings. The van der Waals surface area contributed by atoms with Gasteiger partial charge in [0.1, 0.15) is 0 Å². The van der Waals surface area contributed by atoms with Gasteiger partial charge < -0.3 is 28.9 Å². The van der Waals surface area contributed by atoms with Crippen molar-refractivity contribution in [2.24, 2.45) is 0 Å². The molecule has 9 heavy (non-hydrogen) atoms. The Morgan fingerprint density at radius 3 is 1.11 bits per heavy atom. The molecule has 52 valence electrons. The van der Waals surface area contributed by atoms with E-state index >= 15 is 0 Å². The van der Waals surface area contributed by atoms with Crippen molar-refractivity contribution in [3.63, 3.8) is 0 Å². The normalized spacial score (nSPS) is 8.00. The van der Waals surface area contributed by atoms with Gasteiger partial charge in [-0.1, -0.05) is 20.8 Å². The molecule has 1 nitrogen and oxygen atoms in total. The van der Waals surface area contributed by atoms with Gasteiger partial charge in [-0.25, -0.2) is 0 Å². The van der Waals surface area contributed by atoms with Crippen LogP contribution in [-0.4, -0.2) is 24.5 Å². The average Bonchev–Trinajstić information content (AvgIpc) is 1.72. The molecular weight excluding hydrogens is 252 g/mol. The van der Waals surface area contributed by atoms with Crippen LogP contribution in [0.4, 0.5) is 0 Å². The third kappa shape index (κ3) is 10.3. The maximum absolute atomic E-state index is 2.38. The molecule has 0 aliphatic carbocycles. The molecule has 0 heterocycles. The molecule has 0 saturated carbocycles. The Kier molecular flexibility index (Phi) is 25.1. The molecule has 0 radical (unpaired) electrons. The second kappa shape index (κ2) is 13.0. The smallest absolute Gasteiger partial charge is 1.00 e. The van der Waals surface area contributed by atoms with Crippen LogP contribution in [0.15, 0.2) is 0 Å². The van der Waals surface area contributed by atoms with Crippen molar-refractivity contribution < 1.29 is 75.4 Å². The molecule has 0 saturated heterocycles. The Morgan fingerprint density at radius 2 is 1.11 bits per heavy atom. The van der Waals surface area contributed by atoms with E-state index in [9.17, 15) is 0 Å². The molecule has 0 aliphatic heterocycles. The van der Waals surface area contributed by atoms with Crippen molar-refractivity contribution in [3.05, 3.63) is 0 Å². The molecule has 0 aromatic rings. The minimum absolute atomic E-state index is 0. The predicted octanol–water partition coefficient (Wildman–Crippen LogP) is -4.64. The van der Waals surface area contributed by atoms with E-state index in [1.807, 2.05) is 0 Å². The summed E-state index contributed by atoms with van der Waals surface area (Å²) in [7, 11) is 0. The summed E-state index contributed by atoms with van der Waals surface area (Å²) < 4.78 is 0. The van der Waals surface area contributed by atoms with Crippen LogP contribution in [0.5, 0.6) is 0 Å². The zero-order valence-electron chi connectivity index (χ0n) is 6.95. The fourth-order valence-electron chi connectivity index (χ4n) is 0.671. The van der Waals surface area contributed by atoms with E-state index in [1.165, 1.54) is 19.6 Å². The van der Waals surface area contributed by atoms with Crippen LogP contribution in [-0.2, 0) is 0 Å². The molecule has 0 aliphatic rings. The van der Waals surface area contributed by atoms with Crippen molar-refractivity contribution in [2.75, 3.05) is 19.6 Å². The van der Waals surface area contributed by atoms with Crippen LogP contribution in [0.2, 0.25) is 0 Å². The van der Waals surface area contributed by atoms with Gasteiger partial charge in [-0.15, -0.1) is 0 Å². The molecule has 0 aromatic heterocycles. The fourth-order valence-corrected chi connectivity index (χ4v) is 0.671. The Morgan fingerprint density at radius 1 is 0.889 bits per heavy atom. The second-order valence-corrected chi connectivity index (χ2v) is 1.62. The topological polar surface area (TPSA) is 3.24 Å². The first-order valence-electron chi connectivity index (χ1n) is 3.07. The molecule has 0 bridgehead atoms. The van der Waals surface area contributed by atoms with E-state index < -0.39 is 0 Å². The molecule has 0 unspecified atom stereocenters. The fraction of sp³-hybridized carbons (Fsp3) is 1.00. The summed E-state index contributed by atoms with van der Waals surface area (Å²) in [6.45, 7) is 10.1. The Balaban J connectivity index is -0.000000180. The summed E-state index contributed by atoms with van der Waals surface area (Å²) in [4.78, 5) is 2.38. The van der Waals surface area contributed by atoms with Crippen molar-refractivity contribution in [1.82, 2.24) is 4.90 Å². The molecule has 3 heteroatoms. The van der Waals surface area contributed by atoms with E-state index in [0.29, 0.717) is 0 Å². The van der Waals surface area contributed by atoms with Crippen LogP contribution in [0.25, 0.3) is 0 Å². The largest absolute Gasteiger partial charge is 1.00 e. The zero-order valence-corrected chi connectivity index (χ0v) is 12.2. The number of halogens is 1. The van der Waals surface area contributed by atoms with Crippen LogP contribution in [0.3, 0.4) is 0 Å². The van der Waals surface area contributed by atoms with Gasteiger partial charge in [0, 0.05) is 0 Å². The monoisotopic (exact) mass is 267 g/mol. The predicted molar refractivity (Wildman–Crippen MR) is 33.5 cm³/mol. The summed E-state index contributed by atoms with van der Waals surface area (Å²) in [5.74, 6) is 0. The molecule has 0 aromatic carbocycles. The van der Waals surface area contributed by atoms with Gasteiger partial charge in [-0.2, -0.15) is 0 Å². The van der Waals surface area contributed by atoms with Crippen LogP contribution < -0.4 is 75.4 Å². The molecular formula is C6H15IKN. The first-order valence-corrected chi connectivity index (χ1v) is 3.07. The Bertz CT molecular complexity index is 34.5. The minimum Gasteiger partial charge on any atom is -1.00 e. The quantitative estimate of drug-likeness (QED) is 0.367. The van der Waals surface area contributed by atoms with E-state index in [4.69, 9.17) is 0 Å². The van der Waals surface area contributed by atoms with E-state index in [2.05, 4.69) is 25.7 Å². The first-order chi connectivity index (χ1) is 3.35. The summed E-state index contributed by atoms with van der Waals surface area (Å²) in [6, 6.07) is 0. The third-order valence-corrected chi connectivity index (χ3v) is 1.34. The van der Waals surface area contributed by atoms with Gasteiger partial charge in [0.2, 0.25) is 0 Å². The van der Waals surface area contributed by atoms with Crippen molar-refractivity contribution in [3.8, 4) is 0 Å². The first kappa shape index (κ1) is 17.4. The van der Waals surface area contributed by atoms with Gasteiger partial charge in [0.05, 0.1) is 0 Å². The van der Waals surface area contributed by atoms with E-state index in [-0.39, 0.29) is 75.4 Å². The zero-order chi connectivity index (χ0) is 5.70. The third-order valence-electron chi connectivity index (χ3n) is 1.34. The molecule has 0 amide bonds. The summed E-state index contributed by atoms with van der Waals surface area (Å²) in [5, 5.41) is 0. The van der Waals surface area contributed by atoms with Gasteiger partial charge in [-0.3, -0.25) is 0 Å². The Labute approximate surface area is 118 Å². The summed E-state index contributed by atoms with van der Waals surface area (Å²) >= 11 is 0. The Hall–Kier alpha value is 2.33. The summed E-state index contributed by atoms with van der Waals surface area (Å²) in [5.41, 5.74) is 0. The van der Waals surface area contributed by atoms with E-state index in [1.54, 1.807) is 0 Å². The number of hydrogen-bond donors (Lipinski definition) is 0. The van der Waals surface area contributed by atoms with Crippen molar-refractivity contribution >= 4 is 0 Å². The molecule has 0 spiro atoms. The maximum Gasteiger partial charge on any atom is 1.00 e. The summed E-state index contributed by atoms with van der Waals surface area (Å²) in [6.07, 6.45) is 0. The molecule has 0 atom stereocenters. The van der Waals surface area contributed by atoms with Crippen LogP contribution in [0, 0.1) is 0 Å². The SMILES string of the molecule is CCN(CC)CC.[I-].[K+]. The van der Waals surface area contributed by atoms with Gasteiger partial charge >= 0.3 is 51.4 Å². The number of nitrogens with zero attached hydrogens (tertiary/aromatic N) is 1. The van der Waals surface area contributed by atoms with Crippen LogP contribution >= 0.6 is 0 Å². The number of hydrogen-bond acceptors (Lipinski definition) is 1. The molecule has 0 N–H and O–H groups in total. The van der Waals surface area contributed by atoms with Gasteiger partial charge in [-0.05, 0) is 19.6 Å². The van der Waals surface area contributed by atoms with Crippen molar-refractivity contribution in [1.29, 1.82) is 0 Å². The van der Waals surface area contributed by atoms with Crippen LogP contribution in [0.1, 0.15) is 20.8 Å².